The molecule has 0 aromatic heterocycles. The van der Waals surface area contributed by atoms with Crippen molar-refractivity contribution in [3.8, 4) is 0 Å². The highest BCUT2D eigenvalue weighted by molar-refractivity contribution is 5.50. The molecule has 0 saturated heterocycles. The Kier molecular flexibility index (Phi) is 2.10. The summed E-state index contributed by atoms with van der Waals surface area (Å²) in [5.74, 6) is 0.845. The van der Waals surface area contributed by atoms with E-state index in [-0.39, 0.29) is 0 Å². The van der Waals surface area contributed by atoms with Crippen LogP contribution < -0.4 is 5.32 Å². The largest absolute Gasteiger partial charge is 0.357 e. The SMILES string of the molecule is CN1CC=CC=C1NC=O. The predicted octanol–water partition coefficient (Wildman–Crippen LogP) is 0.0754. The fourth-order valence-corrected chi connectivity index (χ4v) is 0.822. The zero-order valence-corrected chi connectivity index (χ0v) is 5.87. The number of nitrogens with one attached hydrogen (secondary N) is 1. The van der Waals surface area contributed by atoms with Gasteiger partial charge in [-0.1, -0.05) is 12.2 Å². The molecule has 0 unspecified atom stereocenters. The van der Waals surface area contributed by atoms with Crippen molar-refractivity contribution in [1.82, 2.24) is 10.2 Å². The van der Waals surface area contributed by atoms with E-state index >= 15 is 0 Å². The van der Waals surface area contributed by atoms with Crippen LogP contribution in [-0.4, -0.2) is 24.9 Å². The van der Waals surface area contributed by atoms with Crippen LogP contribution in [0, 0.1) is 0 Å². The Balaban J connectivity index is 2.60. The second-order valence-corrected chi connectivity index (χ2v) is 2.12. The Morgan fingerprint density at radius 1 is 1.80 bits per heavy atom. The number of carbonyl (C=O) groups is 1. The van der Waals surface area contributed by atoms with E-state index in [4.69, 9.17) is 0 Å². The monoisotopic (exact) mass is 138 g/mol. The van der Waals surface area contributed by atoms with Gasteiger partial charge in [-0.3, -0.25) is 4.79 Å². The third-order valence-electron chi connectivity index (χ3n) is 1.39. The van der Waals surface area contributed by atoms with Crippen LogP contribution >= 0.6 is 0 Å². The molecule has 0 aromatic carbocycles. The van der Waals surface area contributed by atoms with Crippen LogP contribution in [0.2, 0.25) is 0 Å². The molecule has 1 aliphatic rings. The summed E-state index contributed by atoms with van der Waals surface area (Å²) in [6.45, 7) is 0.854. The van der Waals surface area contributed by atoms with Gasteiger partial charge in [0.1, 0.15) is 5.82 Å². The van der Waals surface area contributed by atoms with Gasteiger partial charge in [-0.15, -0.1) is 0 Å². The first-order chi connectivity index (χ1) is 4.84. The third-order valence-corrected chi connectivity index (χ3v) is 1.39. The van der Waals surface area contributed by atoms with Gasteiger partial charge in [-0.05, 0) is 6.08 Å². The van der Waals surface area contributed by atoms with E-state index in [9.17, 15) is 4.79 Å². The van der Waals surface area contributed by atoms with Gasteiger partial charge in [0.05, 0.1) is 0 Å². The van der Waals surface area contributed by atoms with Gasteiger partial charge >= 0.3 is 0 Å². The molecule has 0 aromatic rings. The van der Waals surface area contributed by atoms with Crippen LogP contribution in [0.3, 0.4) is 0 Å². The minimum Gasteiger partial charge on any atom is -0.357 e. The third kappa shape index (κ3) is 1.37. The van der Waals surface area contributed by atoms with E-state index in [1.54, 1.807) is 0 Å². The topological polar surface area (TPSA) is 32.3 Å². The van der Waals surface area contributed by atoms with Crippen molar-refractivity contribution in [2.45, 2.75) is 0 Å². The van der Waals surface area contributed by atoms with Crippen molar-refractivity contribution in [2.75, 3.05) is 13.6 Å². The molecular weight excluding hydrogens is 128 g/mol. The lowest BCUT2D eigenvalue weighted by Crippen LogP contribution is -2.29. The molecule has 3 nitrogen and oxygen atoms in total. The zero-order valence-electron chi connectivity index (χ0n) is 5.87. The molecule has 1 N–H and O–H groups in total. The van der Waals surface area contributed by atoms with Crippen molar-refractivity contribution in [2.24, 2.45) is 0 Å². The van der Waals surface area contributed by atoms with Crippen LogP contribution in [0.25, 0.3) is 0 Å². The molecule has 0 saturated carbocycles. The van der Waals surface area contributed by atoms with Gasteiger partial charge in [-0.25, -0.2) is 0 Å². The molecule has 1 heterocycles. The molecule has 1 rings (SSSR count). The van der Waals surface area contributed by atoms with Gasteiger partial charge in [0, 0.05) is 13.6 Å². The Morgan fingerprint density at radius 2 is 2.60 bits per heavy atom. The molecule has 1 amide bonds. The van der Waals surface area contributed by atoms with Gasteiger partial charge in [0.15, 0.2) is 0 Å². The number of rotatable bonds is 2. The highest BCUT2D eigenvalue weighted by Crippen LogP contribution is 2.01. The molecule has 0 bridgehead atoms. The lowest BCUT2D eigenvalue weighted by molar-refractivity contribution is -0.109. The molecule has 0 radical (unpaired) electrons. The van der Waals surface area contributed by atoms with E-state index in [1.807, 2.05) is 30.2 Å². The summed E-state index contributed by atoms with van der Waals surface area (Å²) < 4.78 is 0. The standard InChI is InChI=1S/C7H10N2O/c1-9-5-3-2-4-7(9)8-6-10/h2-4,6H,5H2,1H3,(H,8,10). The summed E-state index contributed by atoms with van der Waals surface area (Å²) in [5, 5.41) is 2.59. The van der Waals surface area contributed by atoms with Crippen LogP contribution in [0.1, 0.15) is 0 Å². The fourth-order valence-electron chi connectivity index (χ4n) is 0.822. The zero-order chi connectivity index (χ0) is 7.40. The van der Waals surface area contributed by atoms with Crippen LogP contribution in [0.4, 0.5) is 0 Å². The molecule has 0 fully saturated rings. The van der Waals surface area contributed by atoms with Gasteiger partial charge in [-0.2, -0.15) is 0 Å². The molecule has 3 heteroatoms. The highest BCUT2D eigenvalue weighted by atomic mass is 16.1. The van der Waals surface area contributed by atoms with Crippen LogP contribution in [-0.2, 0) is 4.79 Å². The maximum absolute atomic E-state index is 10.0. The highest BCUT2D eigenvalue weighted by Gasteiger charge is 2.02. The van der Waals surface area contributed by atoms with E-state index in [0.717, 1.165) is 12.4 Å². The van der Waals surface area contributed by atoms with Crippen molar-refractivity contribution in [1.29, 1.82) is 0 Å². The Labute approximate surface area is 60.0 Å². The first kappa shape index (κ1) is 6.86. The fraction of sp³-hybridized carbons (Fsp3) is 0.286. The molecule has 0 aliphatic carbocycles. The first-order valence-corrected chi connectivity index (χ1v) is 3.13. The van der Waals surface area contributed by atoms with E-state index < -0.39 is 0 Å². The van der Waals surface area contributed by atoms with Gasteiger partial charge in [0.25, 0.3) is 0 Å². The number of carbonyl (C=O) groups excluding carboxylic acids is 1. The number of likely N-dealkylation sites (N-methyl/N-ethyl adjacent to an activating group) is 1. The second kappa shape index (κ2) is 3.06. The number of nitrogens with zero attached hydrogens (tertiary/aromatic N) is 1. The van der Waals surface area contributed by atoms with Crippen molar-refractivity contribution in [3.05, 3.63) is 24.0 Å². The summed E-state index contributed by atoms with van der Waals surface area (Å²) in [6, 6.07) is 0. The van der Waals surface area contributed by atoms with Gasteiger partial charge in [0.2, 0.25) is 6.41 Å². The van der Waals surface area contributed by atoms with Gasteiger partial charge < -0.3 is 10.2 Å². The summed E-state index contributed by atoms with van der Waals surface area (Å²) in [5.41, 5.74) is 0. The van der Waals surface area contributed by atoms with Crippen LogP contribution in [0.15, 0.2) is 24.0 Å². The maximum atomic E-state index is 10.0. The molecular formula is C7H10N2O. The summed E-state index contributed by atoms with van der Waals surface area (Å²) in [7, 11) is 1.92. The number of hydrogen-bond donors (Lipinski definition) is 1. The minimum absolute atomic E-state index is 0.682. The molecule has 1 aliphatic heterocycles. The molecule has 10 heavy (non-hydrogen) atoms. The molecule has 54 valence electrons. The average molecular weight is 138 g/mol. The minimum atomic E-state index is 0.682. The molecule has 0 atom stereocenters. The molecule has 0 spiro atoms. The summed E-state index contributed by atoms with van der Waals surface area (Å²) >= 11 is 0. The van der Waals surface area contributed by atoms with Crippen molar-refractivity contribution >= 4 is 6.41 Å². The maximum Gasteiger partial charge on any atom is 0.212 e. The average Bonchev–Trinajstić information content (AvgIpc) is 1.94. The second-order valence-electron chi connectivity index (χ2n) is 2.12. The van der Waals surface area contributed by atoms with Crippen molar-refractivity contribution < 1.29 is 4.79 Å². The van der Waals surface area contributed by atoms with E-state index in [0.29, 0.717) is 6.41 Å². The lowest BCUT2D eigenvalue weighted by Gasteiger charge is -2.21. The summed E-state index contributed by atoms with van der Waals surface area (Å²) in [4.78, 5) is 12.0. The Bertz CT molecular complexity index is 184. The normalized spacial score (nSPS) is 16.5. The van der Waals surface area contributed by atoms with Crippen molar-refractivity contribution in [3.63, 3.8) is 0 Å². The Morgan fingerprint density at radius 3 is 3.20 bits per heavy atom. The van der Waals surface area contributed by atoms with E-state index in [1.165, 1.54) is 0 Å². The number of allylic oxidation sites excluding steroid dienone is 2. The lowest BCUT2D eigenvalue weighted by atomic mass is 10.3. The van der Waals surface area contributed by atoms with Crippen LogP contribution in [0.5, 0.6) is 0 Å². The smallest absolute Gasteiger partial charge is 0.212 e. The first-order valence-electron chi connectivity index (χ1n) is 3.13. The van der Waals surface area contributed by atoms with E-state index in [2.05, 4.69) is 5.32 Å². The quantitative estimate of drug-likeness (QED) is 0.548. The predicted molar refractivity (Wildman–Crippen MR) is 39.1 cm³/mol. The number of hydrogen-bond acceptors (Lipinski definition) is 2. The number of amides is 1. The summed E-state index contributed by atoms with van der Waals surface area (Å²) in [6.07, 6.45) is 6.49. The Hall–Kier alpha value is -1.25.